The second kappa shape index (κ2) is 6.90. The molecule has 1 unspecified atom stereocenters. The fraction of sp³-hybridized carbons (Fsp3) is 0.385. The molecule has 1 aromatic carbocycles. The van der Waals surface area contributed by atoms with Crippen molar-refractivity contribution in [2.24, 2.45) is 5.92 Å². The normalized spacial score (nSPS) is 12.4. The Morgan fingerprint density at radius 3 is 2.58 bits per heavy atom. The van der Waals surface area contributed by atoms with Crippen molar-refractivity contribution < 1.29 is 13.2 Å². The van der Waals surface area contributed by atoms with Crippen LogP contribution < -0.4 is 5.32 Å². The van der Waals surface area contributed by atoms with E-state index in [1.165, 1.54) is 6.92 Å². The van der Waals surface area contributed by atoms with Gasteiger partial charge in [-0.3, -0.25) is 4.79 Å². The van der Waals surface area contributed by atoms with Crippen LogP contribution in [0.15, 0.2) is 30.3 Å². The Balaban J connectivity index is 2.60. The SMILES string of the molecule is CC(CS(=O)(=O)Cc1ccccc1)C(=O)NCC#N. The number of hydrogen-bond donors (Lipinski definition) is 1. The molecule has 1 atom stereocenters. The highest BCUT2D eigenvalue weighted by atomic mass is 32.2. The van der Waals surface area contributed by atoms with E-state index in [2.05, 4.69) is 5.32 Å². The van der Waals surface area contributed by atoms with Gasteiger partial charge in [0.2, 0.25) is 5.91 Å². The lowest BCUT2D eigenvalue weighted by molar-refractivity contribution is -0.123. The van der Waals surface area contributed by atoms with Crippen LogP contribution in [0.4, 0.5) is 0 Å². The third kappa shape index (κ3) is 5.53. The first kappa shape index (κ1) is 15.2. The van der Waals surface area contributed by atoms with E-state index < -0.39 is 21.7 Å². The minimum atomic E-state index is -3.35. The summed E-state index contributed by atoms with van der Waals surface area (Å²) in [4.78, 5) is 11.5. The third-order valence-corrected chi connectivity index (χ3v) is 4.30. The van der Waals surface area contributed by atoms with Crippen molar-refractivity contribution >= 4 is 15.7 Å². The van der Waals surface area contributed by atoms with Gasteiger partial charge in [0.15, 0.2) is 9.84 Å². The summed E-state index contributed by atoms with van der Waals surface area (Å²) in [7, 11) is -3.35. The van der Waals surface area contributed by atoms with Gasteiger partial charge in [0.05, 0.1) is 17.6 Å². The number of nitrogens with one attached hydrogen (secondary N) is 1. The first-order valence-electron chi connectivity index (χ1n) is 5.83. The zero-order valence-electron chi connectivity index (χ0n) is 10.7. The Morgan fingerprint density at radius 1 is 1.37 bits per heavy atom. The predicted octanol–water partition coefficient (Wildman–Crippen LogP) is 0.877. The van der Waals surface area contributed by atoms with Crippen LogP contribution in [-0.2, 0) is 20.4 Å². The molecule has 0 radical (unpaired) electrons. The molecule has 19 heavy (non-hydrogen) atoms. The number of benzene rings is 1. The van der Waals surface area contributed by atoms with E-state index in [4.69, 9.17) is 5.26 Å². The smallest absolute Gasteiger partial charge is 0.224 e. The van der Waals surface area contributed by atoms with E-state index in [0.29, 0.717) is 5.56 Å². The van der Waals surface area contributed by atoms with Crippen molar-refractivity contribution in [2.75, 3.05) is 12.3 Å². The molecule has 1 aromatic rings. The topological polar surface area (TPSA) is 87.0 Å². The second-order valence-corrected chi connectivity index (χ2v) is 6.43. The molecule has 102 valence electrons. The zero-order chi connectivity index (χ0) is 14.3. The number of amides is 1. The molecule has 0 spiro atoms. The summed E-state index contributed by atoms with van der Waals surface area (Å²) in [6.45, 7) is 1.43. The van der Waals surface area contributed by atoms with E-state index in [9.17, 15) is 13.2 Å². The molecule has 0 fully saturated rings. The zero-order valence-corrected chi connectivity index (χ0v) is 11.5. The van der Waals surface area contributed by atoms with Crippen LogP contribution in [0, 0.1) is 17.2 Å². The highest BCUT2D eigenvalue weighted by Crippen LogP contribution is 2.10. The molecule has 5 nitrogen and oxygen atoms in total. The summed E-state index contributed by atoms with van der Waals surface area (Å²) in [6.07, 6.45) is 0. The van der Waals surface area contributed by atoms with Crippen molar-refractivity contribution in [2.45, 2.75) is 12.7 Å². The Morgan fingerprint density at radius 2 is 2.00 bits per heavy atom. The summed E-state index contributed by atoms with van der Waals surface area (Å²) >= 11 is 0. The van der Waals surface area contributed by atoms with Crippen molar-refractivity contribution in [1.29, 1.82) is 5.26 Å². The molecule has 1 amide bonds. The molecule has 6 heteroatoms. The minimum absolute atomic E-state index is 0.0797. The van der Waals surface area contributed by atoms with Gasteiger partial charge in [0.25, 0.3) is 0 Å². The first-order valence-corrected chi connectivity index (χ1v) is 7.66. The first-order chi connectivity index (χ1) is 8.94. The molecular weight excluding hydrogens is 264 g/mol. The van der Waals surface area contributed by atoms with Crippen LogP contribution in [0.5, 0.6) is 0 Å². The monoisotopic (exact) mass is 280 g/mol. The number of hydrogen-bond acceptors (Lipinski definition) is 4. The Kier molecular flexibility index (Phi) is 5.52. The molecule has 1 N–H and O–H groups in total. The van der Waals surface area contributed by atoms with E-state index in [1.807, 2.05) is 6.07 Å². The molecule has 1 rings (SSSR count). The van der Waals surface area contributed by atoms with Gasteiger partial charge in [-0.2, -0.15) is 5.26 Å². The number of carbonyl (C=O) groups is 1. The number of nitrogens with zero attached hydrogens (tertiary/aromatic N) is 1. The maximum Gasteiger partial charge on any atom is 0.224 e. The lowest BCUT2D eigenvalue weighted by atomic mass is 10.2. The maximum absolute atomic E-state index is 11.9. The van der Waals surface area contributed by atoms with Crippen molar-refractivity contribution in [3.63, 3.8) is 0 Å². The predicted molar refractivity (Wildman–Crippen MR) is 71.7 cm³/mol. The fourth-order valence-corrected chi connectivity index (χ4v) is 3.38. The van der Waals surface area contributed by atoms with Gasteiger partial charge in [-0.05, 0) is 5.56 Å². The number of sulfone groups is 1. The van der Waals surface area contributed by atoms with Crippen LogP contribution in [0.1, 0.15) is 12.5 Å². The largest absolute Gasteiger partial charge is 0.343 e. The van der Waals surface area contributed by atoms with Crippen molar-refractivity contribution in [1.82, 2.24) is 5.32 Å². The molecular formula is C13H16N2O3S. The Bertz CT molecular complexity index is 561. The minimum Gasteiger partial charge on any atom is -0.343 e. The van der Waals surface area contributed by atoms with E-state index in [-0.39, 0.29) is 18.1 Å². The molecule has 0 bridgehead atoms. The fourth-order valence-electron chi connectivity index (χ4n) is 1.64. The summed E-state index contributed by atoms with van der Waals surface area (Å²) in [6, 6.07) is 10.6. The summed E-state index contributed by atoms with van der Waals surface area (Å²) in [5.74, 6) is -1.39. The van der Waals surface area contributed by atoms with Gasteiger partial charge in [-0.15, -0.1) is 0 Å². The van der Waals surface area contributed by atoms with E-state index >= 15 is 0 Å². The third-order valence-electron chi connectivity index (χ3n) is 2.52. The van der Waals surface area contributed by atoms with Crippen LogP contribution in [-0.4, -0.2) is 26.6 Å². The van der Waals surface area contributed by atoms with Gasteiger partial charge in [0, 0.05) is 5.92 Å². The van der Waals surface area contributed by atoms with Gasteiger partial charge in [0.1, 0.15) is 6.54 Å². The Hall–Kier alpha value is -1.87. The average Bonchev–Trinajstić information content (AvgIpc) is 2.35. The van der Waals surface area contributed by atoms with Crippen LogP contribution in [0.3, 0.4) is 0 Å². The van der Waals surface area contributed by atoms with Crippen molar-refractivity contribution in [3.8, 4) is 6.07 Å². The number of rotatable bonds is 6. The van der Waals surface area contributed by atoms with Crippen LogP contribution in [0.2, 0.25) is 0 Å². The molecule has 0 heterocycles. The highest BCUT2D eigenvalue weighted by Gasteiger charge is 2.21. The Labute approximate surface area is 113 Å². The quantitative estimate of drug-likeness (QED) is 0.783. The van der Waals surface area contributed by atoms with Gasteiger partial charge < -0.3 is 5.32 Å². The molecule has 0 aliphatic rings. The number of nitriles is 1. The molecule has 0 aromatic heterocycles. The lowest BCUT2D eigenvalue weighted by Gasteiger charge is -2.11. The molecule has 0 aliphatic carbocycles. The molecule has 0 aliphatic heterocycles. The standard InChI is InChI=1S/C13H16N2O3S/c1-11(13(16)15-8-7-14)9-19(17,18)10-12-5-3-2-4-6-12/h2-6,11H,8-10H2,1H3,(H,15,16). The second-order valence-electron chi connectivity index (χ2n) is 4.32. The van der Waals surface area contributed by atoms with Gasteiger partial charge in [-0.25, -0.2) is 8.42 Å². The van der Waals surface area contributed by atoms with Gasteiger partial charge in [-0.1, -0.05) is 37.3 Å². The van der Waals surface area contributed by atoms with E-state index in [1.54, 1.807) is 30.3 Å². The van der Waals surface area contributed by atoms with Crippen LogP contribution in [0.25, 0.3) is 0 Å². The molecule has 0 saturated carbocycles. The lowest BCUT2D eigenvalue weighted by Crippen LogP contribution is -2.33. The average molecular weight is 280 g/mol. The summed E-state index contributed by atoms with van der Waals surface area (Å²) < 4.78 is 23.9. The highest BCUT2D eigenvalue weighted by molar-refractivity contribution is 7.90. The van der Waals surface area contributed by atoms with E-state index in [0.717, 1.165) is 0 Å². The summed E-state index contributed by atoms with van der Waals surface area (Å²) in [5.41, 5.74) is 0.701. The summed E-state index contributed by atoms with van der Waals surface area (Å²) in [5, 5.41) is 10.7. The van der Waals surface area contributed by atoms with Gasteiger partial charge >= 0.3 is 0 Å². The number of carbonyl (C=O) groups excluding carboxylic acids is 1. The van der Waals surface area contributed by atoms with Crippen molar-refractivity contribution in [3.05, 3.63) is 35.9 Å². The molecule has 0 saturated heterocycles. The van der Waals surface area contributed by atoms with Crippen LogP contribution >= 0.6 is 0 Å². The maximum atomic E-state index is 11.9.